The van der Waals surface area contributed by atoms with E-state index in [1.165, 1.54) is 15.4 Å². The van der Waals surface area contributed by atoms with E-state index in [0.29, 0.717) is 36.4 Å². The average Bonchev–Trinajstić information content (AvgIpc) is 3.54. The number of hydrogen-bond donors (Lipinski definition) is 2. The van der Waals surface area contributed by atoms with Crippen molar-refractivity contribution in [3.63, 3.8) is 0 Å². The number of benzene rings is 1. The van der Waals surface area contributed by atoms with Crippen LogP contribution in [0.4, 0.5) is 5.69 Å². The minimum absolute atomic E-state index is 0.256. The summed E-state index contributed by atoms with van der Waals surface area (Å²) in [7, 11) is -3.79. The molecule has 41 heavy (non-hydrogen) atoms. The number of nitrogens with one attached hydrogen (secondary N) is 2. The number of anilines is 1. The number of amides is 2. The van der Waals surface area contributed by atoms with Gasteiger partial charge >= 0.3 is 0 Å². The Morgan fingerprint density at radius 1 is 1.17 bits per heavy atom. The number of pyridine rings is 1. The van der Waals surface area contributed by atoms with Gasteiger partial charge in [0.05, 0.1) is 18.3 Å². The normalized spacial score (nSPS) is 23.9. The number of rotatable bonds is 9. The fraction of sp³-hybridized carbons (Fsp3) is 0.517. The highest BCUT2D eigenvalue weighted by atomic mass is 32.2. The van der Waals surface area contributed by atoms with Crippen molar-refractivity contribution < 1.29 is 22.8 Å². The second kappa shape index (κ2) is 12.3. The summed E-state index contributed by atoms with van der Waals surface area (Å²) in [6, 6.07) is 8.82. The van der Waals surface area contributed by atoms with Gasteiger partial charge in [0.2, 0.25) is 15.9 Å². The molecule has 220 valence electrons. The molecule has 0 spiro atoms. The second-order valence-corrected chi connectivity index (χ2v) is 13.0. The first-order chi connectivity index (χ1) is 19.7. The summed E-state index contributed by atoms with van der Waals surface area (Å²) < 4.78 is 27.7. The number of likely N-dealkylation sites (tertiary alicyclic amines) is 1. The average molecular weight is 583 g/mol. The third-order valence-electron chi connectivity index (χ3n) is 8.23. The zero-order valence-electron chi connectivity index (χ0n) is 23.5. The number of carbonyl (C=O) groups excluding carboxylic acids is 3. The van der Waals surface area contributed by atoms with E-state index in [4.69, 9.17) is 0 Å². The van der Waals surface area contributed by atoms with Crippen molar-refractivity contribution in [1.82, 2.24) is 24.8 Å². The standard InChI is InChI=1S/C29H38N6O5S/c1-3-5-24(32-28(37)22-7-9-23(10-8-22)33-15-13-31-16-20(33)2)29(38)34-14-11-25-27(34)26(36)18-35(25)41(39,40)19-21-6-4-12-30-17-21/h4,6-10,12,17,20,24-25,27,31H,3,5,11,13-16,18-19H2,1-2H3,(H,32,37). The number of carbonyl (C=O) groups is 3. The summed E-state index contributed by atoms with van der Waals surface area (Å²) in [4.78, 5) is 47.7. The third kappa shape index (κ3) is 6.14. The molecule has 4 unspecified atom stereocenters. The number of sulfonamides is 1. The lowest BCUT2D eigenvalue weighted by molar-refractivity contribution is -0.138. The van der Waals surface area contributed by atoms with E-state index < -0.39 is 28.1 Å². The maximum atomic E-state index is 13.7. The number of nitrogens with zero attached hydrogens (tertiary/aromatic N) is 4. The van der Waals surface area contributed by atoms with Crippen LogP contribution in [0.2, 0.25) is 0 Å². The zero-order valence-corrected chi connectivity index (χ0v) is 24.3. The molecule has 2 N–H and O–H groups in total. The van der Waals surface area contributed by atoms with Crippen LogP contribution in [0.15, 0.2) is 48.8 Å². The van der Waals surface area contributed by atoms with E-state index in [9.17, 15) is 22.8 Å². The van der Waals surface area contributed by atoms with Gasteiger partial charge in [0.25, 0.3) is 5.91 Å². The van der Waals surface area contributed by atoms with Crippen molar-refractivity contribution in [2.45, 2.75) is 63.0 Å². The van der Waals surface area contributed by atoms with Crippen molar-refractivity contribution in [2.75, 3.05) is 37.6 Å². The van der Waals surface area contributed by atoms with Gasteiger partial charge in [0.1, 0.15) is 12.1 Å². The minimum Gasteiger partial charge on any atom is -0.366 e. The fourth-order valence-corrected chi connectivity index (χ4v) is 7.89. The van der Waals surface area contributed by atoms with Gasteiger partial charge in [-0.3, -0.25) is 19.4 Å². The van der Waals surface area contributed by atoms with E-state index >= 15 is 0 Å². The Labute approximate surface area is 241 Å². The van der Waals surface area contributed by atoms with Crippen molar-refractivity contribution in [3.8, 4) is 0 Å². The molecule has 0 aliphatic carbocycles. The molecule has 1 aromatic heterocycles. The van der Waals surface area contributed by atoms with Gasteiger partial charge in [-0.2, -0.15) is 4.31 Å². The third-order valence-corrected chi connectivity index (χ3v) is 10.0. The predicted octanol–water partition coefficient (Wildman–Crippen LogP) is 1.16. The summed E-state index contributed by atoms with van der Waals surface area (Å²) in [5.74, 6) is -1.26. The van der Waals surface area contributed by atoms with Gasteiger partial charge in [0, 0.05) is 55.9 Å². The van der Waals surface area contributed by atoms with E-state index in [1.807, 2.05) is 19.1 Å². The van der Waals surface area contributed by atoms with E-state index in [2.05, 4.69) is 27.4 Å². The molecule has 2 aromatic rings. The first kappa shape index (κ1) is 29.2. The van der Waals surface area contributed by atoms with Gasteiger partial charge in [-0.25, -0.2) is 8.42 Å². The maximum absolute atomic E-state index is 13.7. The molecule has 0 bridgehead atoms. The van der Waals surface area contributed by atoms with E-state index in [-0.39, 0.29) is 36.4 Å². The first-order valence-corrected chi connectivity index (χ1v) is 15.9. The van der Waals surface area contributed by atoms with E-state index in [1.54, 1.807) is 30.5 Å². The molecule has 4 atom stereocenters. The Morgan fingerprint density at radius 2 is 1.95 bits per heavy atom. The molecule has 3 aliphatic heterocycles. The SMILES string of the molecule is CCCC(NC(=O)c1ccc(N2CCNCC2C)cc1)C(=O)N1CCC2C1C(=O)CN2S(=O)(=O)Cc1cccnc1. The molecular formula is C29H38N6O5S. The van der Waals surface area contributed by atoms with Crippen molar-refractivity contribution >= 4 is 33.3 Å². The summed E-state index contributed by atoms with van der Waals surface area (Å²) >= 11 is 0. The van der Waals surface area contributed by atoms with E-state index in [0.717, 1.165) is 25.3 Å². The highest BCUT2D eigenvalue weighted by Gasteiger charge is 2.54. The lowest BCUT2D eigenvalue weighted by Gasteiger charge is -2.36. The lowest BCUT2D eigenvalue weighted by atomic mass is 10.1. The Kier molecular flexibility index (Phi) is 8.71. The van der Waals surface area contributed by atoms with Gasteiger partial charge in [-0.05, 0) is 55.7 Å². The van der Waals surface area contributed by atoms with Crippen LogP contribution in [0, 0.1) is 0 Å². The number of aromatic nitrogens is 1. The summed E-state index contributed by atoms with van der Waals surface area (Å²) in [5.41, 5.74) is 2.03. The van der Waals surface area contributed by atoms with Gasteiger partial charge in [0.15, 0.2) is 5.78 Å². The van der Waals surface area contributed by atoms with Gasteiger partial charge < -0.3 is 20.4 Å². The minimum atomic E-state index is -3.79. The molecule has 5 rings (SSSR count). The van der Waals surface area contributed by atoms with Crippen LogP contribution in [0.5, 0.6) is 0 Å². The summed E-state index contributed by atoms with van der Waals surface area (Å²) in [5, 5.41) is 6.25. The maximum Gasteiger partial charge on any atom is 0.251 e. The Balaban J connectivity index is 1.26. The van der Waals surface area contributed by atoms with Crippen molar-refractivity contribution in [2.24, 2.45) is 0 Å². The molecule has 0 radical (unpaired) electrons. The largest absolute Gasteiger partial charge is 0.366 e. The molecule has 3 saturated heterocycles. The summed E-state index contributed by atoms with van der Waals surface area (Å²) in [6.07, 6.45) is 4.49. The molecule has 11 nitrogen and oxygen atoms in total. The van der Waals surface area contributed by atoms with Crippen LogP contribution in [0.3, 0.4) is 0 Å². The molecule has 0 saturated carbocycles. The zero-order chi connectivity index (χ0) is 29.1. The van der Waals surface area contributed by atoms with Crippen LogP contribution in [-0.2, 0) is 25.4 Å². The van der Waals surface area contributed by atoms with Crippen LogP contribution in [0.25, 0.3) is 0 Å². The molecular weight excluding hydrogens is 544 g/mol. The molecule has 1 aromatic carbocycles. The Hall–Kier alpha value is -3.35. The number of hydrogen-bond acceptors (Lipinski definition) is 8. The van der Waals surface area contributed by atoms with Gasteiger partial charge in [-0.15, -0.1) is 0 Å². The lowest BCUT2D eigenvalue weighted by Crippen LogP contribution is -2.52. The highest BCUT2D eigenvalue weighted by molar-refractivity contribution is 7.88. The van der Waals surface area contributed by atoms with Crippen LogP contribution >= 0.6 is 0 Å². The highest BCUT2D eigenvalue weighted by Crippen LogP contribution is 2.33. The fourth-order valence-electron chi connectivity index (χ4n) is 6.18. The second-order valence-electron chi connectivity index (χ2n) is 11.1. The molecule has 3 fully saturated rings. The number of fused-ring (bicyclic) bond motifs is 1. The van der Waals surface area contributed by atoms with Gasteiger partial charge in [-0.1, -0.05) is 19.4 Å². The quantitative estimate of drug-likeness (QED) is 0.450. The number of Topliss-reactive ketones (excluding diaryl/α,β-unsaturated/α-hetero) is 1. The van der Waals surface area contributed by atoms with Crippen LogP contribution < -0.4 is 15.5 Å². The smallest absolute Gasteiger partial charge is 0.251 e. The monoisotopic (exact) mass is 582 g/mol. The summed E-state index contributed by atoms with van der Waals surface area (Å²) in [6.45, 7) is 6.77. The molecule has 2 amide bonds. The van der Waals surface area contributed by atoms with Crippen molar-refractivity contribution in [3.05, 3.63) is 59.9 Å². The van der Waals surface area contributed by atoms with Crippen LogP contribution in [0.1, 0.15) is 49.0 Å². The topological polar surface area (TPSA) is 132 Å². The predicted molar refractivity (Wildman–Crippen MR) is 155 cm³/mol. The van der Waals surface area contributed by atoms with Crippen LogP contribution in [-0.4, -0.2) is 97.1 Å². The molecule has 4 heterocycles. The Bertz CT molecular complexity index is 1370. The molecule has 12 heteroatoms. The first-order valence-electron chi connectivity index (χ1n) is 14.3. The molecule has 3 aliphatic rings. The Morgan fingerprint density at radius 3 is 2.63 bits per heavy atom. The number of piperazine rings is 1. The van der Waals surface area contributed by atoms with Crippen molar-refractivity contribution in [1.29, 1.82) is 0 Å². The number of ketones is 1.